The van der Waals surface area contributed by atoms with Gasteiger partial charge in [-0.3, -0.25) is 9.59 Å². The molecule has 6 nitrogen and oxygen atoms in total. The van der Waals surface area contributed by atoms with Gasteiger partial charge in [0.2, 0.25) is 11.8 Å². The van der Waals surface area contributed by atoms with Crippen LogP contribution in [-0.2, 0) is 22.4 Å². The second-order valence-electron chi connectivity index (χ2n) is 5.76. The highest BCUT2D eigenvalue weighted by Gasteiger charge is 2.06. The lowest BCUT2D eigenvalue weighted by Gasteiger charge is -2.06. The molecule has 0 aliphatic heterocycles. The molecule has 1 heterocycles. The lowest BCUT2D eigenvalue weighted by atomic mass is 10.1. The van der Waals surface area contributed by atoms with Crippen molar-refractivity contribution in [2.45, 2.75) is 26.2 Å². The molecule has 0 fully saturated rings. The Kier molecular flexibility index (Phi) is 7.82. The van der Waals surface area contributed by atoms with Crippen LogP contribution in [0, 0.1) is 0 Å². The number of nitrogens with zero attached hydrogens (tertiary/aromatic N) is 1. The van der Waals surface area contributed by atoms with Crippen molar-refractivity contribution in [2.24, 2.45) is 5.10 Å². The quantitative estimate of drug-likeness (QED) is 0.524. The SMILES string of the molecule is COc1ccc(CCNC(=O)C/C(C)=N/NC(=O)Cc2cccs2)cc1. The number of carbonyl (C=O) groups is 2. The highest BCUT2D eigenvalue weighted by molar-refractivity contribution is 7.10. The molecule has 0 atom stereocenters. The van der Waals surface area contributed by atoms with Crippen LogP contribution in [0.4, 0.5) is 0 Å². The number of carbonyl (C=O) groups excluding carboxylic acids is 2. The van der Waals surface area contributed by atoms with Gasteiger partial charge in [-0.2, -0.15) is 5.10 Å². The lowest BCUT2D eigenvalue weighted by Crippen LogP contribution is -2.28. The molecule has 0 bridgehead atoms. The number of hydrogen-bond donors (Lipinski definition) is 2. The van der Waals surface area contributed by atoms with Crippen molar-refractivity contribution in [1.29, 1.82) is 0 Å². The van der Waals surface area contributed by atoms with Gasteiger partial charge in [0.25, 0.3) is 0 Å². The molecule has 0 aliphatic rings. The molecule has 1 aromatic carbocycles. The van der Waals surface area contributed by atoms with Crippen LogP contribution in [0.15, 0.2) is 46.9 Å². The third-order valence-corrected chi connectivity index (χ3v) is 4.47. The van der Waals surface area contributed by atoms with E-state index in [1.54, 1.807) is 14.0 Å². The predicted molar refractivity (Wildman–Crippen MR) is 104 cm³/mol. The molecule has 0 aliphatic carbocycles. The van der Waals surface area contributed by atoms with Gasteiger partial charge in [-0.05, 0) is 42.5 Å². The van der Waals surface area contributed by atoms with Gasteiger partial charge in [-0.15, -0.1) is 11.3 Å². The summed E-state index contributed by atoms with van der Waals surface area (Å²) >= 11 is 1.52. The van der Waals surface area contributed by atoms with Crippen LogP contribution in [0.25, 0.3) is 0 Å². The summed E-state index contributed by atoms with van der Waals surface area (Å²) in [6.07, 6.45) is 1.19. The second-order valence-corrected chi connectivity index (χ2v) is 6.80. The summed E-state index contributed by atoms with van der Waals surface area (Å²) in [6, 6.07) is 11.5. The van der Waals surface area contributed by atoms with E-state index in [0.717, 1.165) is 22.6 Å². The minimum Gasteiger partial charge on any atom is -0.497 e. The van der Waals surface area contributed by atoms with Crippen molar-refractivity contribution in [1.82, 2.24) is 10.7 Å². The van der Waals surface area contributed by atoms with E-state index < -0.39 is 0 Å². The third-order valence-electron chi connectivity index (χ3n) is 3.60. The van der Waals surface area contributed by atoms with Gasteiger partial charge in [0.15, 0.2) is 0 Å². The molecule has 7 heteroatoms. The Balaban J connectivity index is 1.66. The Morgan fingerprint density at radius 3 is 2.58 bits per heavy atom. The van der Waals surface area contributed by atoms with Crippen LogP contribution < -0.4 is 15.5 Å². The van der Waals surface area contributed by atoms with Crippen molar-refractivity contribution < 1.29 is 14.3 Å². The summed E-state index contributed by atoms with van der Waals surface area (Å²) < 4.78 is 5.11. The van der Waals surface area contributed by atoms with E-state index in [2.05, 4.69) is 15.8 Å². The van der Waals surface area contributed by atoms with E-state index >= 15 is 0 Å². The van der Waals surface area contributed by atoms with Gasteiger partial charge in [-0.1, -0.05) is 18.2 Å². The number of amides is 2. The molecular weight excluding hydrogens is 350 g/mol. The maximum Gasteiger partial charge on any atom is 0.245 e. The zero-order valence-corrected chi connectivity index (χ0v) is 15.8. The van der Waals surface area contributed by atoms with E-state index in [1.165, 1.54) is 11.3 Å². The summed E-state index contributed by atoms with van der Waals surface area (Å²) in [5.41, 5.74) is 4.17. The summed E-state index contributed by atoms with van der Waals surface area (Å²) in [5.74, 6) is 0.504. The van der Waals surface area contributed by atoms with Crippen LogP contribution in [0.2, 0.25) is 0 Å². The summed E-state index contributed by atoms with van der Waals surface area (Å²) in [5, 5.41) is 8.75. The van der Waals surface area contributed by atoms with Crippen molar-refractivity contribution >= 4 is 28.9 Å². The first-order valence-corrected chi connectivity index (χ1v) is 9.19. The van der Waals surface area contributed by atoms with Crippen LogP contribution >= 0.6 is 11.3 Å². The van der Waals surface area contributed by atoms with Crippen LogP contribution in [-0.4, -0.2) is 31.2 Å². The molecule has 2 rings (SSSR count). The van der Waals surface area contributed by atoms with Crippen molar-refractivity contribution in [3.05, 3.63) is 52.2 Å². The standard InChI is InChI=1S/C19H23N3O3S/c1-14(21-22-19(24)13-17-4-3-11-26-17)12-18(23)20-10-9-15-5-7-16(25-2)8-6-15/h3-8,11H,9-10,12-13H2,1-2H3,(H,20,23)(H,22,24)/b21-14+. The molecule has 2 N–H and O–H groups in total. The van der Waals surface area contributed by atoms with E-state index in [1.807, 2.05) is 41.8 Å². The number of hydrogen-bond acceptors (Lipinski definition) is 5. The van der Waals surface area contributed by atoms with Crippen LogP contribution in [0.1, 0.15) is 23.8 Å². The summed E-state index contributed by atoms with van der Waals surface area (Å²) in [7, 11) is 1.63. The Morgan fingerprint density at radius 1 is 1.15 bits per heavy atom. The molecule has 0 spiro atoms. The third kappa shape index (κ3) is 7.06. The predicted octanol–water partition coefficient (Wildman–Crippen LogP) is 2.54. The Hall–Kier alpha value is -2.67. The number of nitrogens with one attached hydrogen (secondary N) is 2. The largest absolute Gasteiger partial charge is 0.497 e. The topological polar surface area (TPSA) is 79.8 Å². The maximum atomic E-state index is 11.9. The fourth-order valence-corrected chi connectivity index (χ4v) is 2.95. The Morgan fingerprint density at radius 2 is 1.92 bits per heavy atom. The minimum atomic E-state index is -0.188. The molecule has 138 valence electrons. The highest BCUT2D eigenvalue weighted by Crippen LogP contribution is 2.11. The molecule has 1 aromatic heterocycles. The zero-order valence-electron chi connectivity index (χ0n) is 15.0. The molecule has 2 amide bonds. The number of benzene rings is 1. The van der Waals surface area contributed by atoms with E-state index in [0.29, 0.717) is 18.7 Å². The van der Waals surface area contributed by atoms with Gasteiger partial charge in [-0.25, -0.2) is 5.43 Å². The van der Waals surface area contributed by atoms with Gasteiger partial charge in [0.1, 0.15) is 5.75 Å². The number of hydrazone groups is 1. The van der Waals surface area contributed by atoms with Gasteiger partial charge in [0.05, 0.1) is 20.0 Å². The molecular formula is C19H23N3O3S. The molecule has 26 heavy (non-hydrogen) atoms. The zero-order chi connectivity index (χ0) is 18.8. The average Bonchev–Trinajstić information content (AvgIpc) is 3.13. The first-order chi connectivity index (χ1) is 12.6. The minimum absolute atomic E-state index is 0.118. The normalized spacial score (nSPS) is 11.1. The van der Waals surface area contributed by atoms with E-state index in [-0.39, 0.29) is 18.2 Å². The molecule has 0 unspecified atom stereocenters. The van der Waals surface area contributed by atoms with Crippen molar-refractivity contribution in [2.75, 3.05) is 13.7 Å². The number of rotatable bonds is 9. The number of methoxy groups -OCH3 is 1. The van der Waals surface area contributed by atoms with Gasteiger partial charge in [0, 0.05) is 17.1 Å². The molecule has 2 aromatic rings. The smallest absolute Gasteiger partial charge is 0.245 e. The molecule has 0 saturated carbocycles. The van der Waals surface area contributed by atoms with E-state index in [9.17, 15) is 9.59 Å². The highest BCUT2D eigenvalue weighted by atomic mass is 32.1. The summed E-state index contributed by atoms with van der Waals surface area (Å²) in [6.45, 7) is 2.26. The fraction of sp³-hybridized carbons (Fsp3) is 0.316. The first-order valence-electron chi connectivity index (χ1n) is 8.31. The first kappa shape index (κ1) is 19.7. The van der Waals surface area contributed by atoms with Crippen molar-refractivity contribution in [3.8, 4) is 5.75 Å². The second kappa shape index (κ2) is 10.4. The monoisotopic (exact) mass is 373 g/mol. The number of thiophene rings is 1. The van der Waals surface area contributed by atoms with Crippen molar-refractivity contribution in [3.63, 3.8) is 0 Å². The number of ether oxygens (including phenoxy) is 1. The summed E-state index contributed by atoms with van der Waals surface area (Å²) in [4.78, 5) is 24.7. The Bertz CT molecular complexity index is 740. The molecule has 0 radical (unpaired) electrons. The van der Waals surface area contributed by atoms with Crippen LogP contribution in [0.5, 0.6) is 5.75 Å². The fourth-order valence-electron chi connectivity index (χ4n) is 2.24. The van der Waals surface area contributed by atoms with Gasteiger partial charge < -0.3 is 10.1 Å². The van der Waals surface area contributed by atoms with Gasteiger partial charge >= 0.3 is 0 Å². The molecule has 0 saturated heterocycles. The maximum absolute atomic E-state index is 11.9. The average molecular weight is 373 g/mol. The van der Waals surface area contributed by atoms with Crippen LogP contribution in [0.3, 0.4) is 0 Å². The lowest BCUT2D eigenvalue weighted by molar-refractivity contribution is -0.121. The Labute approximate surface area is 157 Å². The van der Waals surface area contributed by atoms with E-state index in [4.69, 9.17) is 4.74 Å².